The number of carboxylic acid groups (broad SMARTS) is 1. The minimum Gasteiger partial charge on any atom is -0.481 e. The van der Waals surface area contributed by atoms with Gasteiger partial charge in [-0.2, -0.15) is 0 Å². The van der Waals surface area contributed by atoms with Gasteiger partial charge in [-0.1, -0.05) is 39.5 Å². The van der Waals surface area contributed by atoms with Crippen molar-refractivity contribution in [2.24, 2.45) is 23.7 Å². The van der Waals surface area contributed by atoms with E-state index in [9.17, 15) is 19.5 Å². The highest BCUT2D eigenvalue weighted by molar-refractivity contribution is 5.89. The molecule has 0 spiro atoms. The fraction of sp³-hybridized carbons (Fsp3) is 0.880. The number of fused-ring (bicyclic) bond motifs is 5. The average molecular weight is 450 g/mol. The van der Waals surface area contributed by atoms with E-state index in [2.05, 4.69) is 15.5 Å². The van der Waals surface area contributed by atoms with Crippen LogP contribution in [0.25, 0.3) is 0 Å². The van der Waals surface area contributed by atoms with Crippen LogP contribution in [0.3, 0.4) is 0 Å². The van der Waals surface area contributed by atoms with Crippen molar-refractivity contribution in [2.75, 3.05) is 19.6 Å². The molecule has 2 heterocycles. The lowest BCUT2D eigenvalue weighted by atomic mass is 9.77. The number of nitrogens with one attached hydrogen (secondary N) is 2. The van der Waals surface area contributed by atoms with E-state index >= 15 is 0 Å². The Morgan fingerprint density at radius 1 is 1.12 bits per heavy atom. The molecular weight excluding hydrogens is 406 g/mol. The Bertz CT molecular complexity index is 653. The number of aliphatic carboxylic acids is 1. The summed E-state index contributed by atoms with van der Waals surface area (Å²) >= 11 is 0. The summed E-state index contributed by atoms with van der Waals surface area (Å²) in [5.41, 5.74) is 0. The number of rotatable bonds is 6. The lowest BCUT2D eigenvalue weighted by molar-refractivity contribution is -0.142. The van der Waals surface area contributed by atoms with Crippen LogP contribution >= 0.6 is 0 Å². The van der Waals surface area contributed by atoms with Gasteiger partial charge in [0.05, 0.1) is 6.42 Å². The summed E-state index contributed by atoms with van der Waals surface area (Å²) in [6, 6.07) is 0.0380. The lowest BCUT2D eigenvalue weighted by Gasteiger charge is -2.33. The van der Waals surface area contributed by atoms with Crippen molar-refractivity contribution in [3.05, 3.63) is 0 Å². The molecule has 3 rings (SSSR count). The van der Waals surface area contributed by atoms with Crippen LogP contribution in [-0.4, -0.2) is 59.5 Å². The Labute approximate surface area is 193 Å². The zero-order valence-electron chi connectivity index (χ0n) is 20.0. The maximum absolute atomic E-state index is 13.1. The summed E-state index contributed by atoms with van der Waals surface area (Å²) in [6.07, 6.45) is 10.4. The number of carbonyl (C=O) groups excluding carboxylic acids is 2. The smallest absolute Gasteiger partial charge is 0.304 e. The third-order valence-corrected chi connectivity index (χ3v) is 7.72. The van der Waals surface area contributed by atoms with E-state index in [-0.39, 0.29) is 24.2 Å². The molecule has 0 radical (unpaired) electrons. The van der Waals surface area contributed by atoms with Crippen LogP contribution in [0.4, 0.5) is 0 Å². The van der Waals surface area contributed by atoms with Crippen molar-refractivity contribution >= 4 is 17.8 Å². The quantitative estimate of drug-likeness (QED) is 0.578. The van der Waals surface area contributed by atoms with Crippen LogP contribution in [0.5, 0.6) is 0 Å². The van der Waals surface area contributed by atoms with Crippen molar-refractivity contribution in [1.82, 2.24) is 15.5 Å². The van der Waals surface area contributed by atoms with E-state index in [0.717, 1.165) is 25.9 Å². The molecule has 1 saturated carbocycles. The molecule has 0 aromatic rings. The fourth-order valence-corrected chi connectivity index (χ4v) is 6.24. The summed E-state index contributed by atoms with van der Waals surface area (Å²) in [5, 5.41) is 15.3. The van der Waals surface area contributed by atoms with Crippen LogP contribution in [0.15, 0.2) is 0 Å². The largest absolute Gasteiger partial charge is 0.481 e. The van der Waals surface area contributed by atoms with E-state index in [0.29, 0.717) is 37.3 Å². The van der Waals surface area contributed by atoms with Gasteiger partial charge in [-0.05, 0) is 62.8 Å². The number of carboxylic acids is 1. The van der Waals surface area contributed by atoms with Crippen molar-refractivity contribution in [1.29, 1.82) is 0 Å². The highest BCUT2D eigenvalue weighted by atomic mass is 16.4. The number of amides is 2. The van der Waals surface area contributed by atoms with Gasteiger partial charge in [-0.25, -0.2) is 0 Å². The van der Waals surface area contributed by atoms with Crippen molar-refractivity contribution in [2.45, 2.75) is 96.6 Å². The molecule has 3 aliphatic rings. The Hall–Kier alpha value is -1.63. The molecular formula is C25H43N3O4. The summed E-state index contributed by atoms with van der Waals surface area (Å²) in [6.45, 7) is 6.77. The minimum atomic E-state index is -0.971. The first-order chi connectivity index (χ1) is 15.3. The van der Waals surface area contributed by atoms with E-state index in [4.69, 9.17) is 0 Å². The van der Waals surface area contributed by atoms with Gasteiger partial charge < -0.3 is 15.7 Å². The maximum atomic E-state index is 13.1. The third-order valence-electron chi connectivity index (χ3n) is 7.72. The standard InChI is InChI=1S/C25H43N3O4/c1-17(2)13-18(15-23(29)30)24(31)27-21-14-19-16-28(22-10-6-5-9-20(19)22)12-8-4-3-7-11-26-25(21)32/h17-22H,3-16H2,1-2H3,(H,26,32)(H,27,31)(H,29,30)/t18-,19?,20?,21?,22?/m1/s1. The molecule has 5 unspecified atom stereocenters. The zero-order valence-corrected chi connectivity index (χ0v) is 20.0. The number of hydrogen-bond donors (Lipinski definition) is 3. The monoisotopic (exact) mass is 449 g/mol. The predicted molar refractivity (Wildman–Crippen MR) is 124 cm³/mol. The van der Waals surface area contributed by atoms with E-state index < -0.39 is 17.9 Å². The van der Waals surface area contributed by atoms with Crippen LogP contribution in [0.1, 0.15) is 84.5 Å². The molecule has 1 aliphatic carbocycles. The molecule has 7 heteroatoms. The summed E-state index contributed by atoms with van der Waals surface area (Å²) in [7, 11) is 0. The topological polar surface area (TPSA) is 98.7 Å². The van der Waals surface area contributed by atoms with Crippen LogP contribution in [-0.2, 0) is 14.4 Å². The van der Waals surface area contributed by atoms with Gasteiger partial charge in [-0.15, -0.1) is 0 Å². The Balaban J connectivity index is 1.75. The summed E-state index contributed by atoms with van der Waals surface area (Å²) < 4.78 is 0. The molecule has 3 N–H and O–H groups in total. The maximum Gasteiger partial charge on any atom is 0.304 e. The molecule has 2 bridgehead atoms. The Kier molecular flexibility index (Phi) is 9.38. The summed E-state index contributed by atoms with van der Waals surface area (Å²) in [4.78, 5) is 40.2. The zero-order chi connectivity index (χ0) is 23.1. The van der Waals surface area contributed by atoms with Crippen LogP contribution < -0.4 is 10.6 Å². The van der Waals surface area contributed by atoms with E-state index in [1.165, 1.54) is 38.5 Å². The normalized spacial score (nSPS) is 32.6. The van der Waals surface area contributed by atoms with Gasteiger partial charge in [0.15, 0.2) is 0 Å². The molecule has 32 heavy (non-hydrogen) atoms. The number of carbonyl (C=O) groups is 3. The number of nitrogens with zero attached hydrogens (tertiary/aromatic N) is 1. The molecule has 0 aromatic carbocycles. The fourth-order valence-electron chi connectivity index (χ4n) is 6.24. The second-order valence-electron chi connectivity index (χ2n) is 10.7. The molecule has 2 aliphatic heterocycles. The molecule has 7 nitrogen and oxygen atoms in total. The molecule has 6 atom stereocenters. The molecule has 3 fully saturated rings. The van der Waals surface area contributed by atoms with Crippen molar-refractivity contribution in [3.8, 4) is 0 Å². The second-order valence-corrected chi connectivity index (χ2v) is 10.7. The highest BCUT2D eigenvalue weighted by Crippen LogP contribution is 2.42. The van der Waals surface area contributed by atoms with E-state index in [1.54, 1.807) is 0 Å². The van der Waals surface area contributed by atoms with Gasteiger partial charge in [0.1, 0.15) is 6.04 Å². The van der Waals surface area contributed by atoms with Gasteiger partial charge in [-0.3, -0.25) is 19.3 Å². The Morgan fingerprint density at radius 3 is 2.62 bits per heavy atom. The molecule has 182 valence electrons. The second kappa shape index (κ2) is 12.0. The first-order valence-electron chi connectivity index (χ1n) is 12.9. The highest BCUT2D eigenvalue weighted by Gasteiger charge is 2.44. The van der Waals surface area contributed by atoms with Gasteiger partial charge in [0.2, 0.25) is 11.8 Å². The SMILES string of the molecule is CC(C)C[C@H](CC(=O)O)C(=O)NC1CC2CN(CCCCCCNC1=O)C1CCCCC21. The first kappa shape index (κ1) is 25.0. The van der Waals surface area contributed by atoms with Gasteiger partial charge >= 0.3 is 5.97 Å². The van der Waals surface area contributed by atoms with E-state index in [1.807, 2.05) is 13.8 Å². The molecule has 0 aromatic heterocycles. The van der Waals surface area contributed by atoms with Crippen molar-refractivity contribution in [3.63, 3.8) is 0 Å². The Morgan fingerprint density at radius 2 is 1.88 bits per heavy atom. The number of hydrogen-bond acceptors (Lipinski definition) is 4. The van der Waals surface area contributed by atoms with Crippen molar-refractivity contribution < 1.29 is 19.5 Å². The van der Waals surface area contributed by atoms with Gasteiger partial charge in [0, 0.05) is 25.0 Å². The molecule has 2 amide bonds. The molecule has 2 saturated heterocycles. The predicted octanol–water partition coefficient (Wildman–Crippen LogP) is 3.18. The van der Waals surface area contributed by atoms with Crippen LogP contribution in [0, 0.1) is 23.7 Å². The lowest BCUT2D eigenvalue weighted by Crippen LogP contribution is -2.50. The van der Waals surface area contributed by atoms with Gasteiger partial charge in [0.25, 0.3) is 0 Å². The van der Waals surface area contributed by atoms with Crippen LogP contribution in [0.2, 0.25) is 0 Å². The summed E-state index contributed by atoms with van der Waals surface area (Å²) in [5.74, 6) is -0.758. The first-order valence-corrected chi connectivity index (χ1v) is 12.9. The minimum absolute atomic E-state index is 0.109. The third kappa shape index (κ3) is 6.93. The average Bonchev–Trinajstić information content (AvgIpc) is 3.08.